The van der Waals surface area contributed by atoms with Crippen molar-refractivity contribution in [1.82, 2.24) is 20.5 Å². The second kappa shape index (κ2) is 10.8. The molecule has 2 heterocycles. The molecule has 0 aromatic carbocycles. The van der Waals surface area contributed by atoms with Crippen LogP contribution >= 0.6 is 0 Å². The van der Waals surface area contributed by atoms with Gasteiger partial charge in [0.2, 0.25) is 18.1 Å². The van der Waals surface area contributed by atoms with E-state index in [1.165, 1.54) is 0 Å². The first-order chi connectivity index (χ1) is 15.3. The van der Waals surface area contributed by atoms with Crippen molar-refractivity contribution in [3.63, 3.8) is 0 Å². The lowest BCUT2D eigenvalue weighted by atomic mass is 9.92. The summed E-state index contributed by atoms with van der Waals surface area (Å²) in [7, 11) is 0. The van der Waals surface area contributed by atoms with Gasteiger partial charge >= 0.3 is 0 Å². The minimum Gasteiger partial charge on any atom is -0.354 e. The molecule has 1 saturated carbocycles. The highest BCUT2D eigenvalue weighted by molar-refractivity contribution is 5.80. The Bertz CT molecular complexity index is 809. The van der Waals surface area contributed by atoms with E-state index in [-0.39, 0.29) is 30.6 Å². The SMILES string of the molecule is C[C@H]1CCN(c2nc(C(F)F)nc(NNC(=O)C(CC3CCCC3)CN(O)C=O)c2F)C1. The molecule has 9 nitrogen and oxygen atoms in total. The molecule has 1 aliphatic heterocycles. The Kier molecular flexibility index (Phi) is 8.10. The highest BCUT2D eigenvalue weighted by atomic mass is 19.3. The number of hydrazine groups is 1. The first-order valence-corrected chi connectivity index (χ1v) is 10.9. The Balaban J connectivity index is 1.74. The van der Waals surface area contributed by atoms with Crippen molar-refractivity contribution >= 4 is 24.0 Å². The third kappa shape index (κ3) is 5.99. The van der Waals surface area contributed by atoms with E-state index in [4.69, 9.17) is 0 Å². The molecular weight excluding hydrogens is 429 g/mol. The maximum absolute atomic E-state index is 15.0. The van der Waals surface area contributed by atoms with Gasteiger partial charge in [-0.2, -0.15) is 4.39 Å². The van der Waals surface area contributed by atoms with Crippen LogP contribution < -0.4 is 15.8 Å². The molecule has 0 bridgehead atoms. The van der Waals surface area contributed by atoms with E-state index in [2.05, 4.69) is 20.8 Å². The number of nitrogens with one attached hydrogen (secondary N) is 2. The van der Waals surface area contributed by atoms with Crippen LogP contribution in [-0.4, -0.2) is 52.2 Å². The largest absolute Gasteiger partial charge is 0.354 e. The molecule has 32 heavy (non-hydrogen) atoms. The van der Waals surface area contributed by atoms with Crippen molar-refractivity contribution in [2.75, 3.05) is 30.0 Å². The monoisotopic (exact) mass is 458 g/mol. The Morgan fingerprint density at radius 3 is 2.62 bits per heavy atom. The number of hydroxylamine groups is 2. The molecule has 12 heteroatoms. The van der Waals surface area contributed by atoms with Gasteiger partial charge in [0.05, 0.1) is 12.5 Å². The van der Waals surface area contributed by atoms with Gasteiger partial charge < -0.3 is 4.90 Å². The van der Waals surface area contributed by atoms with Crippen LogP contribution in [-0.2, 0) is 9.59 Å². The molecule has 1 saturated heterocycles. The lowest BCUT2D eigenvalue weighted by Crippen LogP contribution is -2.41. The molecule has 2 amide bonds. The normalized spacial score (nSPS) is 19.9. The van der Waals surface area contributed by atoms with Gasteiger partial charge in [0.1, 0.15) is 0 Å². The van der Waals surface area contributed by atoms with Crippen LogP contribution in [0.2, 0.25) is 0 Å². The Morgan fingerprint density at radius 1 is 1.31 bits per heavy atom. The predicted octanol–water partition coefficient (Wildman–Crippen LogP) is 2.89. The molecule has 1 aliphatic carbocycles. The fourth-order valence-electron chi connectivity index (χ4n) is 4.37. The molecular formula is C20H29F3N6O3. The summed E-state index contributed by atoms with van der Waals surface area (Å²) in [6, 6.07) is 0. The fraction of sp³-hybridized carbons (Fsp3) is 0.700. The molecule has 1 aromatic rings. The van der Waals surface area contributed by atoms with Crippen LogP contribution in [0.4, 0.5) is 24.8 Å². The van der Waals surface area contributed by atoms with Crippen molar-refractivity contribution in [3.05, 3.63) is 11.6 Å². The first kappa shape index (κ1) is 24.0. The maximum Gasteiger partial charge on any atom is 0.297 e. The summed E-state index contributed by atoms with van der Waals surface area (Å²) in [5, 5.41) is 9.93. The fourth-order valence-corrected chi connectivity index (χ4v) is 4.37. The Morgan fingerprint density at radius 2 is 2.03 bits per heavy atom. The lowest BCUT2D eigenvalue weighted by Gasteiger charge is -2.23. The number of hydrogen-bond acceptors (Lipinski definition) is 7. The van der Waals surface area contributed by atoms with Crippen LogP contribution in [0, 0.1) is 23.6 Å². The molecule has 1 aromatic heterocycles. The van der Waals surface area contributed by atoms with Gasteiger partial charge in [-0.1, -0.05) is 32.6 Å². The van der Waals surface area contributed by atoms with E-state index in [0.29, 0.717) is 24.6 Å². The standard InChI is InChI=1S/C20H29F3N6O3/c1-12-6-7-28(9-12)19-15(21)17(24-18(25-19)16(22)23)26-27-20(31)14(10-29(32)11-30)8-13-4-2-3-5-13/h11-14,16,32H,2-10H2,1H3,(H,27,31)(H,24,25,26)/t12-,14?/m0/s1. The molecule has 2 atom stereocenters. The van der Waals surface area contributed by atoms with Gasteiger partial charge in [0, 0.05) is 13.1 Å². The van der Waals surface area contributed by atoms with E-state index in [1.54, 1.807) is 4.90 Å². The van der Waals surface area contributed by atoms with Crippen molar-refractivity contribution in [2.24, 2.45) is 17.8 Å². The number of halogens is 3. The van der Waals surface area contributed by atoms with Crippen molar-refractivity contribution < 1.29 is 28.0 Å². The number of hydrogen-bond donors (Lipinski definition) is 3. The molecule has 1 unspecified atom stereocenters. The molecule has 2 aliphatic rings. The van der Waals surface area contributed by atoms with E-state index in [1.807, 2.05) is 6.92 Å². The highest BCUT2D eigenvalue weighted by Crippen LogP contribution is 2.31. The average molecular weight is 458 g/mol. The zero-order valence-corrected chi connectivity index (χ0v) is 17.9. The number of amides is 2. The molecule has 178 valence electrons. The van der Waals surface area contributed by atoms with Crippen LogP contribution in [0.5, 0.6) is 0 Å². The Labute approximate surface area is 184 Å². The zero-order valence-electron chi connectivity index (χ0n) is 17.9. The summed E-state index contributed by atoms with van der Waals surface area (Å²) in [6.07, 6.45) is 2.39. The van der Waals surface area contributed by atoms with Crippen molar-refractivity contribution in [3.8, 4) is 0 Å². The van der Waals surface area contributed by atoms with Gasteiger partial charge in [-0.05, 0) is 24.7 Å². The number of nitrogens with zero attached hydrogens (tertiary/aromatic N) is 4. The number of rotatable bonds is 10. The van der Waals surface area contributed by atoms with E-state index in [9.17, 15) is 23.6 Å². The van der Waals surface area contributed by atoms with Crippen molar-refractivity contribution in [2.45, 2.75) is 51.9 Å². The summed E-state index contributed by atoms with van der Waals surface area (Å²) in [4.78, 5) is 32.3. The van der Waals surface area contributed by atoms with Gasteiger partial charge in [-0.15, -0.1) is 0 Å². The Hall–Kier alpha value is -2.63. The molecule has 2 fully saturated rings. The van der Waals surface area contributed by atoms with Gasteiger partial charge in [0.25, 0.3) is 6.43 Å². The van der Waals surface area contributed by atoms with Gasteiger partial charge in [0.15, 0.2) is 17.5 Å². The van der Waals surface area contributed by atoms with Crippen LogP contribution in [0.3, 0.4) is 0 Å². The lowest BCUT2D eigenvalue weighted by molar-refractivity contribution is -0.154. The number of carbonyl (C=O) groups excluding carboxylic acids is 2. The van der Waals surface area contributed by atoms with Crippen LogP contribution in [0.25, 0.3) is 0 Å². The number of aromatic nitrogens is 2. The first-order valence-electron chi connectivity index (χ1n) is 10.9. The van der Waals surface area contributed by atoms with Gasteiger partial charge in [-0.25, -0.2) is 23.8 Å². The molecule has 0 radical (unpaired) electrons. The second-order valence-corrected chi connectivity index (χ2v) is 8.63. The molecule has 3 rings (SSSR count). The van der Waals surface area contributed by atoms with Crippen molar-refractivity contribution in [1.29, 1.82) is 0 Å². The highest BCUT2D eigenvalue weighted by Gasteiger charge is 2.29. The summed E-state index contributed by atoms with van der Waals surface area (Å²) < 4.78 is 41.6. The van der Waals surface area contributed by atoms with E-state index >= 15 is 4.39 Å². The molecule has 0 spiro atoms. The third-order valence-corrected chi connectivity index (χ3v) is 6.07. The zero-order chi connectivity index (χ0) is 23.3. The van der Waals surface area contributed by atoms with E-state index < -0.39 is 35.7 Å². The topological polar surface area (TPSA) is 111 Å². The van der Waals surface area contributed by atoms with Crippen LogP contribution in [0.1, 0.15) is 57.7 Å². The third-order valence-electron chi connectivity index (χ3n) is 6.07. The number of anilines is 2. The minimum atomic E-state index is -3.02. The quantitative estimate of drug-likeness (QED) is 0.281. The van der Waals surface area contributed by atoms with E-state index in [0.717, 1.165) is 32.1 Å². The number of carbonyl (C=O) groups is 2. The summed E-state index contributed by atoms with van der Waals surface area (Å²) in [5.41, 5.74) is 4.61. The second-order valence-electron chi connectivity index (χ2n) is 8.63. The summed E-state index contributed by atoms with van der Waals surface area (Å²) in [6.45, 7) is 2.69. The smallest absolute Gasteiger partial charge is 0.297 e. The van der Waals surface area contributed by atoms with Crippen LogP contribution in [0.15, 0.2) is 0 Å². The predicted molar refractivity (Wildman–Crippen MR) is 109 cm³/mol. The summed E-state index contributed by atoms with van der Waals surface area (Å²) in [5.74, 6) is -3.40. The molecule has 3 N–H and O–H groups in total. The maximum atomic E-state index is 15.0. The minimum absolute atomic E-state index is 0.199. The average Bonchev–Trinajstić information content (AvgIpc) is 3.43. The van der Waals surface area contributed by atoms with Gasteiger partial charge in [-0.3, -0.25) is 25.6 Å². The summed E-state index contributed by atoms with van der Waals surface area (Å²) >= 11 is 0. The number of alkyl halides is 2.